The van der Waals surface area contributed by atoms with Crippen LogP contribution in [0.15, 0.2) is 35.5 Å². The number of hydrogen-bond donors (Lipinski definition) is 4. The van der Waals surface area contributed by atoms with Gasteiger partial charge in [0.2, 0.25) is 11.8 Å². The number of hydrogen-bond acceptors (Lipinski definition) is 6. The van der Waals surface area contributed by atoms with Crippen LogP contribution < -0.4 is 21.7 Å². The van der Waals surface area contributed by atoms with E-state index < -0.39 is 17.4 Å². The lowest BCUT2D eigenvalue weighted by Gasteiger charge is -2.31. The monoisotopic (exact) mass is 507 g/mol. The summed E-state index contributed by atoms with van der Waals surface area (Å²) in [6.45, 7) is 4.88. The van der Waals surface area contributed by atoms with Crippen LogP contribution in [0.1, 0.15) is 57.9 Å². The van der Waals surface area contributed by atoms with Crippen molar-refractivity contribution in [2.24, 2.45) is 28.5 Å². The Morgan fingerprint density at radius 3 is 2.43 bits per heavy atom. The van der Waals surface area contributed by atoms with E-state index in [1.165, 1.54) is 12.3 Å². The lowest BCUT2D eigenvalue weighted by Crippen LogP contribution is -2.51. The van der Waals surface area contributed by atoms with E-state index in [1.54, 1.807) is 0 Å². The van der Waals surface area contributed by atoms with Gasteiger partial charge in [-0.1, -0.05) is 6.07 Å². The predicted molar refractivity (Wildman–Crippen MR) is 142 cm³/mol. The predicted octanol–water partition coefficient (Wildman–Crippen LogP) is 2.87. The van der Waals surface area contributed by atoms with Crippen molar-refractivity contribution in [3.8, 4) is 0 Å². The Hall–Kier alpha value is -3.20. The van der Waals surface area contributed by atoms with Gasteiger partial charge in [-0.2, -0.15) is 0 Å². The molecule has 1 spiro atoms. The first-order chi connectivity index (χ1) is 17.8. The number of carbonyl (C=O) groups is 3. The summed E-state index contributed by atoms with van der Waals surface area (Å²) >= 11 is 0. The van der Waals surface area contributed by atoms with Crippen molar-refractivity contribution < 1.29 is 19.1 Å². The van der Waals surface area contributed by atoms with Gasteiger partial charge in [-0.15, -0.1) is 0 Å². The molecule has 1 aromatic rings. The summed E-state index contributed by atoms with van der Waals surface area (Å²) in [7, 11) is 0. The molecule has 2 heterocycles. The number of anilines is 2. The van der Waals surface area contributed by atoms with Gasteiger partial charge in [0.1, 0.15) is 11.8 Å². The third-order valence-corrected chi connectivity index (χ3v) is 8.00. The molecule has 3 amide bonds. The third-order valence-electron chi connectivity index (χ3n) is 8.00. The van der Waals surface area contributed by atoms with Gasteiger partial charge in [0.05, 0.1) is 5.41 Å². The molecule has 5 N–H and O–H groups in total. The summed E-state index contributed by atoms with van der Waals surface area (Å²) in [5.74, 6) is 0.309. The minimum atomic E-state index is -0.680. The molecule has 198 valence electrons. The number of benzene rings is 1. The highest BCUT2D eigenvalue weighted by molar-refractivity contribution is 6.43. The fourth-order valence-corrected chi connectivity index (χ4v) is 5.93. The molecule has 0 radical (unpaired) electrons. The van der Waals surface area contributed by atoms with Crippen LogP contribution in [0.5, 0.6) is 0 Å². The normalized spacial score (nSPS) is 21.8. The van der Waals surface area contributed by atoms with Crippen LogP contribution in [0.4, 0.5) is 11.4 Å². The van der Waals surface area contributed by atoms with Crippen molar-refractivity contribution in [2.45, 2.75) is 69.9 Å². The largest absolute Gasteiger partial charge is 0.405 e. The van der Waals surface area contributed by atoms with Crippen LogP contribution >= 0.6 is 0 Å². The van der Waals surface area contributed by atoms with E-state index in [-0.39, 0.29) is 29.5 Å². The topological polar surface area (TPSA) is 135 Å². The first-order valence-corrected chi connectivity index (χ1v) is 13.4. The number of aliphatic imine (C=N–C) groups is 1. The van der Waals surface area contributed by atoms with Crippen molar-refractivity contribution in [1.82, 2.24) is 5.32 Å². The lowest BCUT2D eigenvalue weighted by atomic mass is 9.75. The van der Waals surface area contributed by atoms with Gasteiger partial charge in [0.25, 0.3) is 5.91 Å². The minimum absolute atomic E-state index is 0.00752. The zero-order valence-electron chi connectivity index (χ0n) is 21.6. The first kappa shape index (κ1) is 25.4. The standard InChI is InChI=1S/C28H37N5O4/c1-16(2)30-21(9-12-29)25(34)33-24(23(17-3-4-17)18-5-6-18)26(35)31-19-7-8-20-22(15-19)32-27(36)28(20)10-13-37-14-11-28/h7-9,12,15-18,23-24H,3-6,10-11,13-14,29H2,1-2H3,(H,31,35)(H,32,36)(H,33,34)/t24-/m0/s1. The van der Waals surface area contributed by atoms with Crippen molar-refractivity contribution in [2.75, 3.05) is 23.8 Å². The Labute approximate surface area is 217 Å². The van der Waals surface area contributed by atoms with Crippen LogP contribution in [0.2, 0.25) is 0 Å². The molecule has 1 saturated heterocycles. The maximum Gasteiger partial charge on any atom is 0.270 e. The second-order valence-corrected chi connectivity index (χ2v) is 11.1. The summed E-state index contributed by atoms with van der Waals surface area (Å²) in [5, 5.41) is 9.04. The molecule has 5 rings (SSSR count). The Kier molecular flexibility index (Phi) is 7.07. The molecule has 37 heavy (non-hydrogen) atoms. The number of fused-ring (bicyclic) bond motifs is 2. The molecule has 2 aliphatic heterocycles. The molecule has 0 aromatic heterocycles. The molecular formula is C28H37N5O4. The molecule has 2 aliphatic carbocycles. The molecule has 2 saturated carbocycles. The number of nitrogens with two attached hydrogens (primary N) is 1. The van der Waals surface area contributed by atoms with Gasteiger partial charge in [-0.3, -0.25) is 19.4 Å². The second kappa shape index (κ2) is 10.3. The number of amides is 3. The van der Waals surface area contributed by atoms with E-state index in [0.29, 0.717) is 43.6 Å². The lowest BCUT2D eigenvalue weighted by molar-refractivity contribution is -0.124. The smallest absolute Gasteiger partial charge is 0.270 e. The molecule has 9 heteroatoms. The summed E-state index contributed by atoms with van der Waals surface area (Å²) in [6, 6.07) is 4.83. The van der Waals surface area contributed by atoms with Crippen molar-refractivity contribution in [3.05, 3.63) is 36.0 Å². The molecule has 4 aliphatic rings. The fraction of sp³-hybridized carbons (Fsp3) is 0.571. The molecule has 1 atom stereocenters. The first-order valence-electron chi connectivity index (χ1n) is 13.4. The van der Waals surface area contributed by atoms with E-state index in [0.717, 1.165) is 36.9 Å². The molecule has 0 bridgehead atoms. The molecular weight excluding hydrogens is 470 g/mol. The van der Waals surface area contributed by atoms with Crippen LogP contribution in [0.3, 0.4) is 0 Å². The van der Waals surface area contributed by atoms with E-state index in [9.17, 15) is 14.4 Å². The molecule has 0 unspecified atom stereocenters. The van der Waals surface area contributed by atoms with Crippen molar-refractivity contribution in [3.63, 3.8) is 0 Å². The zero-order chi connectivity index (χ0) is 26.2. The highest BCUT2D eigenvalue weighted by Crippen LogP contribution is 2.51. The number of carbonyl (C=O) groups excluding carboxylic acids is 3. The van der Waals surface area contributed by atoms with Gasteiger partial charge in [-0.25, -0.2) is 0 Å². The number of rotatable bonds is 9. The Morgan fingerprint density at radius 2 is 1.84 bits per heavy atom. The molecule has 9 nitrogen and oxygen atoms in total. The molecule has 3 fully saturated rings. The number of nitrogens with zero attached hydrogens (tertiary/aromatic N) is 1. The van der Waals surface area contributed by atoms with Crippen molar-refractivity contribution >= 4 is 34.8 Å². The van der Waals surface area contributed by atoms with E-state index in [2.05, 4.69) is 20.9 Å². The third kappa shape index (κ3) is 5.28. The SMILES string of the molecule is CC(C)N=C(C=CN)C(=O)N[C@H](C(=O)Nc1ccc2c(c1)NC(=O)C21CCOCC1)C(C1CC1)C1CC1. The highest BCUT2D eigenvalue weighted by atomic mass is 16.5. The zero-order valence-corrected chi connectivity index (χ0v) is 21.6. The van der Waals surface area contributed by atoms with E-state index >= 15 is 0 Å². The maximum absolute atomic E-state index is 13.7. The minimum Gasteiger partial charge on any atom is -0.405 e. The summed E-state index contributed by atoms with van der Waals surface area (Å²) < 4.78 is 5.49. The van der Waals surface area contributed by atoms with E-state index in [4.69, 9.17) is 10.5 Å². The van der Waals surface area contributed by atoms with Crippen LogP contribution in [0.25, 0.3) is 0 Å². The summed E-state index contributed by atoms with van der Waals surface area (Å²) in [4.78, 5) is 44.2. The quantitative estimate of drug-likeness (QED) is 0.381. The van der Waals surface area contributed by atoms with Crippen LogP contribution in [-0.4, -0.2) is 48.7 Å². The van der Waals surface area contributed by atoms with Gasteiger partial charge in [0, 0.05) is 30.6 Å². The second-order valence-electron chi connectivity index (χ2n) is 11.1. The maximum atomic E-state index is 13.7. The van der Waals surface area contributed by atoms with Crippen molar-refractivity contribution in [1.29, 1.82) is 0 Å². The Morgan fingerprint density at radius 1 is 1.16 bits per heavy atom. The van der Waals surface area contributed by atoms with Gasteiger partial charge in [0.15, 0.2) is 0 Å². The fourth-order valence-electron chi connectivity index (χ4n) is 5.93. The summed E-state index contributed by atoms with van der Waals surface area (Å²) in [5.41, 5.74) is 7.49. The number of ether oxygens (including phenoxy) is 1. The van der Waals surface area contributed by atoms with Gasteiger partial charge in [-0.05, 0) is 100 Å². The highest BCUT2D eigenvalue weighted by Gasteiger charge is 2.49. The molecule has 1 aromatic carbocycles. The number of nitrogens with one attached hydrogen (secondary N) is 3. The Bertz CT molecular complexity index is 1120. The Balaban J connectivity index is 1.37. The summed E-state index contributed by atoms with van der Waals surface area (Å²) in [6.07, 6.45) is 8.36. The van der Waals surface area contributed by atoms with Gasteiger partial charge >= 0.3 is 0 Å². The van der Waals surface area contributed by atoms with Crippen LogP contribution in [-0.2, 0) is 24.5 Å². The van der Waals surface area contributed by atoms with Crippen LogP contribution in [0, 0.1) is 17.8 Å². The van der Waals surface area contributed by atoms with E-state index in [1.807, 2.05) is 32.0 Å². The average molecular weight is 508 g/mol. The van der Waals surface area contributed by atoms with Gasteiger partial charge < -0.3 is 26.4 Å². The average Bonchev–Trinajstić information content (AvgIpc) is 3.79.